The second kappa shape index (κ2) is 22.1. The largest absolute Gasteiger partial charge is 0.463 e. The first-order valence-electron chi connectivity index (χ1n) is 16.1. The summed E-state index contributed by atoms with van der Waals surface area (Å²) in [6.45, 7) is 7.82. The molecule has 2 saturated carbocycles. The number of unbranched alkanes of at least 4 members (excludes halogenated alkanes) is 4. The molecule has 3 aliphatic rings. The normalized spacial score (nSPS) is 26.7. The maximum Gasteiger partial charge on any atom is 0.330 e. The number of hydrogen-bond acceptors (Lipinski definition) is 9. The Bertz CT molecular complexity index is 907. The minimum absolute atomic E-state index is 0.110. The predicted octanol–water partition coefficient (Wildman–Crippen LogP) is 6.87. The Morgan fingerprint density at radius 3 is 1.47 bits per heavy atom. The van der Waals surface area contributed by atoms with Crippen molar-refractivity contribution < 1.29 is 19.1 Å². The lowest BCUT2D eigenvalue weighted by molar-refractivity contribution is -0.138. The average molecular weight is 647 g/mol. The van der Waals surface area contributed by atoms with E-state index in [1.807, 2.05) is 0 Å². The Morgan fingerprint density at radius 1 is 0.651 bits per heavy atom. The molecule has 0 aromatic carbocycles. The van der Waals surface area contributed by atoms with Crippen LogP contribution < -0.4 is 10.9 Å². The molecule has 0 amide bonds. The number of thioether (sulfide) groups is 3. The standard InChI is InChI=1S/C34H50N2O4S3/c1-3-33(37)39-23-7-5-9-25-41-29-17-11-27(12-18-29)15-21-31-35-36-32(43-31)22-16-28-13-19-30(20-14-28)42-26-10-6-8-24-40-34(38)4-2/h3-4,27-32,35-36H,1-2,5-14,17-20,23-26H2. The van der Waals surface area contributed by atoms with Gasteiger partial charge in [0.25, 0.3) is 0 Å². The fourth-order valence-corrected chi connectivity index (χ4v) is 8.79. The highest BCUT2D eigenvalue weighted by molar-refractivity contribution is 8.01. The third kappa shape index (κ3) is 15.9. The Morgan fingerprint density at radius 2 is 1.07 bits per heavy atom. The van der Waals surface area contributed by atoms with Gasteiger partial charge in [0.05, 0.1) is 13.2 Å². The van der Waals surface area contributed by atoms with Crippen LogP contribution in [0.3, 0.4) is 0 Å². The molecular formula is C34H50N2O4S3. The first-order chi connectivity index (χ1) is 21.1. The highest BCUT2D eigenvalue weighted by Gasteiger charge is 2.24. The molecule has 1 saturated heterocycles. The molecule has 3 fully saturated rings. The predicted molar refractivity (Wildman–Crippen MR) is 183 cm³/mol. The summed E-state index contributed by atoms with van der Waals surface area (Å²) in [4.78, 5) is 22.1. The Balaban J connectivity index is 1.19. The number of nitrogens with one attached hydrogen (secondary N) is 2. The fraction of sp³-hybridized carbons (Fsp3) is 0.706. The second-order valence-corrected chi connectivity index (χ2v) is 15.3. The van der Waals surface area contributed by atoms with Gasteiger partial charge >= 0.3 is 11.9 Å². The van der Waals surface area contributed by atoms with Crippen LogP contribution in [0.15, 0.2) is 25.3 Å². The lowest BCUT2D eigenvalue weighted by Crippen LogP contribution is -2.32. The second-order valence-electron chi connectivity index (χ2n) is 11.3. The van der Waals surface area contributed by atoms with Crippen molar-refractivity contribution in [1.82, 2.24) is 10.9 Å². The third-order valence-electron chi connectivity index (χ3n) is 7.91. The summed E-state index contributed by atoms with van der Waals surface area (Å²) in [5.74, 6) is 16.8. The van der Waals surface area contributed by atoms with Gasteiger partial charge in [-0.15, -0.1) is 0 Å². The Kier molecular flexibility index (Phi) is 18.5. The lowest BCUT2D eigenvalue weighted by Gasteiger charge is -2.25. The molecular weight excluding hydrogens is 597 g/mol. The van der Waals surface area contributed by atoms with E-state index in [9.17, 15) is 9.59 Å². The van der Waals surface area contributed by atoms with Gasteiger partial charge in [-0.1, -0.05) is 48.6 Å². The first-order valence-corrected chi connectivity index (χ1v) is 19.1. The zero-order chi connectivity index (χ0) is 30.5. The van der Waals surface area contributed by atoms with Gasteiger partial charge in [-0.25, -0.2) is 20.4 Å². The van der Waals surface area contributed by atoms with Crippen LogP contribution in [0, 0.1) is 35.5 Å². The van der Waals surface area contributed by atoms with Gasteiger partial charge in [0, 0.05) is 34.5 Å². The molecule has 3 rings (SSSR count). The van der Waals surface area contributed by atoms with Gasteiger partial charge in [0.1, 0.15) is 10.7 Å². The van der Waals surface area contributed by atoms with Crippen molar-refractivity contribution in [2.45, 2.75) is 111 Å². The molecule has 1 aliphatic heterocycles. The van der Waals surface area contributed by atoms with Crippen LogP contribution in [-0.2, 0) is 19.1 Å². The van der Waals surface area contributed by atoms with Crippen molar-refractivity contribution in [2.24, 2.45) is 11.8 Å². The van der Waals surface area contributed by atoms with E-state index in [4.69, 9.17) is 9.47 Å². The molecule has 2 unspecified atom stereocenters. The van der Waals surface area contributed by atoms with Crippen molar-refractivity contribution in [2.75, 3.05) is 24.7 Å². The zero-order valence-corrected chi connectivity index (χ0v) is 28.1. The molecule has 2 atom stereocenters. The molecule has 238 valence electrons. The van der Waals surface area contributed by atoms with Crippen LogP contribution in [0.1, 0.15) is 89.9 Å². The van der Waals surface area contributed by atoms with Crippen molar-refractivity contribution >= 4 is 47.2 Å². The number of hydrazine groups is 1. The number of ether oxygens (including phenoxy) is 2. The van der Waals surface area contributed by atoms with Gasteiger partial charge < -0.3 is 9.47 Å². The molecule has 0 bridgehead atoms. The van der Waals surface area contributed by atoms with Crippen LogP contribution in [0.4, 0.5) is 0 Å². The Hall–Kier alpha value is -1.49. The summed E-state index contributed by atoms with van der Waals surface area (Å²) in [5, 5.41) is 1.74. The first kappa shape index (κ1) is 36.0. The van der Waals surface area contributed by atoms with E-state index in [2.05, 4.69) is 71.2 Å². The number of carbonyl (C=O) groups is 2. The van der Waals surface area contributed by atoms with Crippen LogP contribution in [0.5, 0.6) is 0 Å². The summed E-state index contributed by atoms with van der Waals surface area (Å²) in [5.41, 5.74) is 6.65. The van der Waals surface area contributed by atoms with Gasteiger partial charge in [-0.2, -0.15) is 23.5 Å². The van der Waals surface area contributed by atoms with Gasteiger partial charge in [0.15, 0.2) is 0 Å². The van der Waals surface area contributed by atoms with Gasteiger partial charge in [0.2, 0.25) is 0 Å². The van der Waals surface area contributed by atoms with E-state index in [-0.39, 0.29) is 22.7 Å². The number of carbonyl (C=O) groups excluding carboxylic acids is 2. The topological polar surface area (TPSA) is 76.7 Å². The molecule has 9 heteroatoms. The highest BCUT2D eigenvalue weighted by Crippen LogP contribution is 2.33. The van der Waals surface area contributed by atoms with Crippen LogP contribution in [0.2, 0.25) is 0 Å². The van der Waals surface area contributed by atoms with E-state index in [1.54, 1.807) is 11.8 Å². The summed E-state index contributed by atoms with van der Waals surface area (Å²) in [7, 11) is 0. The van der Waals surface area contributed by atoms with Gasteiger partial charge in [-0.3, -0.25) is 0 Å². The molecule has 0 aromatic rings. The highest BCUT2D eigenvalue weighted by atomic mass is 32.2. The molecule has 0 aromatic heterocycles. The van der Waals surface area contributed by atoms with Crippen LogP contribution in [-0.4, -0.2) is 57.9 Å². The van der Waals surface area contributed by atoms with E-state index < -0.39 is 0 Å². The molecule has 0 spiro atoms. The third-order valence-corrected chi connectivity index (χ3v) is 11.9. The number of rotatable bonds is 16. The molecule has 2 aliphatic carbocycles. The summed E-state index contributed by atoms with van der Waals surface area (Å²) in [6.07, 6.45) is 18.7. The molecule has 6 nitrogen and oxygen atoms in total. The molecule has 2 N–H and O–H groups in total. The fourth-order valence-electron chi connectivity index (χ4n) is 5.36. The maximum absolute atomic E-state index is 11.0. The summed E-state index contributed by atoms with van der Waals surface area (Å²) in [6, 6.07) is 0. The SMILES string of the molecule is C=CC(=O)OCCCCCSC1CCC(C#CC2NNC(C#CC3CCC(SCCCCCOC(=O)C=C)CC3)S2)CC1. The number of esters is 2. The van der Waals surface area contributed by atoms with Crippen LogP contribution in [0.25, 0.3) is 0 Å². The smallest absolute Gasteiger partial charge is 0.330 e. The lowest BCUT2D eigenvalue weighted by atomic mass is 9.89. The van der Waals surface area contributed by atoms with E-state index in [1.165, 1.54) is 87.9 Å². The monoisotopic (exact) mass is 646 g/mol. The van der Waals surface area contributed by atoms with Gasteiger partial charge in [-0.05, 0) is 101 Å². The molecule has 0 radical (unpaired) electrons. The quantitative estimate of drug-likeness (QED) is 0.0809. The van der Waals surface area contributed by atoms with Crippen molar-refractivity contribution in [1.29, 1.82) is 0 Å². The van der Waals surface area contributed by atoms with Crippen LogP contribution >= 0.6 is 35.3 Å². The molecule has 43 heavy (non-hydrogen) atoms. The molecule has 1 heterocycles. The van der Waals surface area contributed by atoms with Crippen molar-refractivity contribution in [3.05, 3.63) is 25.3 Å². The maximum atomic E-state index is 11.0. The van der Waals surface area contributed by atoms with E-state index in [0.29, 0.717) is 25.0 Å². The van der Waals surface area contributed by atoms with E-state index in [0.717, 1.165) is 36.2 Å². The Labute approximate surface area is 272 Å². The summed E-state index contributed by atoms with van der Waals surface area (Å²) < 4.78 is 10.1. The summed E-state index contributed by atoms with van der Waals surface area (Å²) >= 11 is 6.00. The minimum Gasteiger partial charge on any atom is -0.463 e. The minimum atomic E-state index is -0.326. The zero-order valence-electron chi connectivity index (χ0n) is 25.6. The average Bonchev–Trinajstić information content (AvgIpc) is 3.50. The van der Waals surface area contributed by atoms with E-state index >= 15 is 0 Å². The number of hydrogen-bond donors (Lipinski definition) is 2. The van der Waals surface area contributed by atoms with Crippen molar-refractivity contribution in [3.63, 3.8) is 0 Å². The van der Waals surface area contributed by atoms with Crippen molar-refractivity contribution in [3.8, 4) is 23.7 Å².